The maximum absolute atomic E-state index is 13.6. The topological polar surface area (TPSA) is 94.8 Å². The Kier molecular flexibility index (Phi) is 5.12. The number of aliphatic hydroxyl groups is 2. The highest BCUT2D eigenvalue weighted by Gasteiger charge is 2.63. The molecule has 3 saturated carbocycles. The minimum absolute atomic E-state index is 0.00896. The van der Waals surface area contributed by atoms with E-state index in [4.69, 9.17) is 5.11 Å². The molecule has 0 amide bonds. The Morgan fingerprint density at radius 1 is 1.17 bits per heavy atom. The summed E-state index contributed by atoms with van der Waals surface area (Å²) in [5, 5.41) is 30.5. The predicted octanol–water partition coefficient (Wildman–Crippen LogP) is 4.49. The predicted molar refractivity (Wildman–Crippen MR) is 109 cm³/mol. The van der Waals surface area contributed by atoms with Crippen LogP contribution in [0.3, 0.4) is 0 Å². The Morgan fingerprint density at radius 3 is 2.59 bits per heavy atom. The van der Waals surface area contributed by atoms with Gasteiger partial charge in [0.15, 0.2) is 5.76 Å². The van der Waals surface area contributed by atoms with Gasteiger partial charge in [0, 0.05) is 11.8 Å². The Morgan fingerprint density at radius 2 is 1.90 bits per heavy atom. The number of Topliss-reactive ketones (excluding diaryl/α,β-unsaturated/α-hetero) is 1. The van der Waals surface area contributed by atoms with E-state index in [0.717, 1.165) is 50.5 Å². The molecule has 4 rings (SSSR count). The molecule has 0 spiro atoms. The highest BCUT2D eigenvalue weighted by molar-refractivity contribution is 6.00. The van der Waals surface area contributed by atoms with Gasteiger partial charge in [-0.05, 0) is 91.9 Å². The van der Waals surface area contributed by atoms with Crippen molar-refractivity contribution in [2.75, 3.05) is 0 Å². The van der Waals surface area contributed by atoms with Gasteiger partial charge in [0.2, 0.25) is 5.78 Å². The first-order chi connectivity index (χ1) is 13.6. The molecule has 3 N–H and O–H groups in total. The summed E-state index contributed by atoms with van der Waals surface area (Å²) < 4.78 is 0. The second kappa shape index (κ2) is 7.11. The number of ketones is 1. The summed E-state index contributed by atoms with van der Waals surface area (Å²) in [6, 6.07) is 0. The van der Waals surface area contributed by atoms with Crippen molar-refractivity contribution < 1.29 is 24.9 Å². The van der Waals surface area contributed by atoms with E-state index in [0.29, 0.717) is 12.3 Å². The van der Waals surface area contributed by atoms with Crippen LogP contribution in [0.4, 0.5) is 0 Å². The van der Waals surface area contributed by atoms with Crippen LogP contribution in [-0.2, 0) is 9.59 Å². The highest BCUT2D eigenvalue weighted by Crippen LogP contribution is 2.66. The maximum Gasteiger partial charge on any atom is 0.303 e. The number of hydrogen-bond acceptors (Lipinski definition) is 4. The van der Waals surface area contributed by atoms with E-state index >= 15 is 0 Å². The molecule has 0 aromatic rings. The Bertz CT molecular complexity index is 742. The Labute approximate surface area is 173 Å². The van der Waals surface area contributed by atoms with Gasteiger partial charge in [-0.2, -0.15) is 0 Å². The van der Waals surface area contributed by atoms with Gasteiger partial charge >= 0.3 is 5.97 Å². The first-order valence-electron chi connectivity index (χ1n) is 11.5. The molecule has 3 fully saturated rings. The second-order valence-electron chi connectivity index (χ2n) is 10.8. The summed E-state index contributed by atoms with van der Waals surface area (Å²) in [7, 11) is 0. The summed E-state index contributed by atoms with van der Waals surface area (Å²) in [5.41, 5.74) is 0.219. The summed E-state index contributed by atoms with van der Waals surface area (Å²) in [6.45, 7) is 6.33. The first-order valence-corrected chi connectivity index (χ1v) is 11.5. The number of fused-ring (bicyclic) bond motifs is 5. The fourth-order valence-corrected chi connectivity index (χ4v) is 7.96. The zero-order valence-corrected chi connectivity index (χ0v) is 18.0. The number of allylic oxidation sites excluding steroid dienone is 2. The van der Waals surface area contributed by atoms with Crippen LogP contribution in [0.25, 0.3) is 0 Å². The summed E-state index contributed by atoms with van der Waals surface area (Å²) >= 11 is 0. The van der Waals surface area contributed by atoms with Crippen LogP contribution >= 0.6 is 0 Å². The monoisotopic (exact) mass is 404 g/mol. The maximum atomic E-state index is 13.6. The van der Waals surface area contributed by atoms with E-state index in [1.807, 2.05) is 6.92 Å². The van der Waals surface area contributed by atoms with Gasteiger partial charge in [-0.3, -0.25) is 9.59 Å². The molecule has 0 heterocycles. The van der Waals surface area contributed by atoms with E-state index in [2.05, 4.69) is 13.8 Å². The van der Waals surface area contributed by atoms with Crippen LogP contribution < -0.4 is 0 Å². The lowest BCUT2D eigenvalue weighted by Gasteiger charge is -2.56. The Balaban J connectivity index is 1.69. The van der Waals surface area contributed by atoms with Crippen LogP contribution in [0.2, 0.25) is 0 Å². The van der Waals surface area contributed by atoms with Gasteiger partial charge in [0.25, 0.3) is 0 Å². The van der Waals surface area contributed by atoms with Crippen molar-refractivity contribution >= 4 is 11.8 Å². The van der Waals surface area contributed by atoms with Crippen LogP contribution in [0.5, 0.6) is 0 Å². The minimum Gasteiger partial charge on any atom is -0.504 e. The lowest BCUT2D eigenvalue weighted by atomic mass is 9.47. The molecule has 5 nitrogen and oxygen atoms in total. The molecule has 0 radical (unpaired) electrons. The number of carboxylic acids is 1. The van der Waals surface area contributed by atoms with Crippen LogP contribution in [0, 0.1) is 40.4 Å². The highest BCUT2D eigenvalue weighted by atomic mass is 16.4. The molecule has 0 unspecified atom stereocenters. The summed E-state index contributed by atoms with van der Waals surface area (Å²) in [5.74, 6) is 0.207. The van der Waals surface area contributed by atoms with Gasteiger partial charge < -0.3 is 15.3 Å². The number of rotatable bonds is 4. The van der Waals surface area contributed by atoms with Gasteiger partial charge in [0.1, 0.15) is 0 Å². The third kappa shape index (κ3) is 2.98. The van der Waals surface area contributed by atoms with Gasteiger partial charge in [-0.15, -0.1) is 0 Å². The summed E-state index contributed by atoms with van der Waals surface area (Å²) in [6.07, 6.45) is 6.74. The van der Waals surface area contributed by atoms with Gasteiger partial charge in [0.05, 0.1) is 6.10 Å². The zero-order chi connectivity index (χ0) is 21.1. The smallest absolute Gasteiger partial charge is 0.303 e. The second-order valence-corrected chi connectivity index (χ2v) is 10.8. The number of carbonyl (C=O) groups excluding carboxylic acids is 1. The molecular formula is C24H36O5. The number of aliphatic hydroxyl groups excluding tert-OH is 2. The van der Waals surface area contributed by atoms with Crippen LogP contribution in [0.15, 0.2) is 11.3 Å². The molecule has 0 bridgehead atoms. The van der Waals surface area contributed by atoms with Crippen molar-refractivity contribution in [1.82, 2.24) is 0 Å². The molecule has 29 heavy (non-hydrogen) atoms. The first kappa shape index (κ1) is 20.9. The van der Waals surface area contributed by atoms with E-state index in [1.165, 1.54) is 0 Å². The molecule has 4 aliphatic rings. The molecule has 162 valence electrons. The van der Waals surface area contributed by atoms with Crippen molar-refractivity contribution in [1.29, 1.82) is 0 Å². The van der Waals surface area contributed by atoms with Crippen LogP contribution in [-0.4, -0.2) is 33.2 Å². The fraction of sp³-hybridized carbons (Fsp3) is 0.833. The van der Waals surface area contributed by atoms with Crippen molar-refractivity contribution in [3.8, 4) is 0 Å². The average molecular weight is 405 g/mol. The van der Waals surface area contributed by atoms with E-state index in [1.54, 1.807) is 0 Å². The third-order valence-electron chi connectivity index (χ3n) is 9.54. The SMILES string of the molecule is C[C@H](CCC(=O)O)[C@H]1CC[C@H]2[C@@H]3CC[C@@H]4C[C@H](O)CC[C@]4(C)C3=C(O)C(=O)[C@]12C. The lowest BCUT2D eigenvalue weighted by Crippen LogP contribution is -2.53. The third-order valence-corrected chi connectivity index (χ3v) is 9.54. The molecule has 0 saturated heterocycles. The van der Waals surface area contributed by atoms with E-state index < -0.39 is 11.4 Å². The van der Waals surface area contributed by atoms with E-state index in [-0.39, 0.29) is 53.2 Å². The molecule has 0 aliphatic heterocycles. The average Bonchev–Trinajstić information content (AvgIpc) is 3.02. The Hall–Kier alpha value is -1.36. The number of carboxylic acid groups (broad SMARTS) is 1. The summed E-state index contributed by atoms with van der Waals surface area (Å²) in [4.78, 5) is 24.7. The fourth-order valence-electron chi connectivity index (χ4n) is 7.96. The van der Waals surface area contributed by atoms with Crippen molar-refractivity contribution in [2.45, 2.75) is 84.7 Å². The number of carbonyl (C=O) groups is 2. The molecule has 5 heteroatoms. The van der Waals surface area contributed by atoms with Gasteiger partial charge in [-0.25, -0.2) is 0 Å². The molecule has 4 aliphatic carbocycles. The molecule has 0 aromatic heterocycles. The van der Waals surface area contributed by atoms with E-state index in [9.17, 15) is 19.8 Å². The van der Waals surface area contributed by atoms with Crippen molar-refractivity contribution in [3.63, 3.8) is 0 Å². The van der Waals surface area contributed by atoms with Crippen LogP contribution in [0.1, 0.15) is 78.6 Å². The molecule has 8 atom stereocenters. The quantitative estimate of drug-likeness (QED) is 0.642. The molecule has 0 aromatic carbocycles. The normalized spacial score (nSPS) is 45.4. The van der Waals surface area contributed by atoms with Gasteiger partial charge in [-0.1, -0.05) is 20.8 Å². The largest absolute Gasteiger partial charge is 0.504 e. The minimum atomic E-state index is -0.790. The lowest BCUT2D eigenvalue weighted by molar-refractivity contribution is -0.138. The number of aliphatic carboxylic acids is 1. The zero-order valence-electron chi connectivity index (χ0n) is 18.0. The van der Waals surface area contributed by atoms with Crippen molar-refractivity contribution in [2.24, 2.45) is 40.4 Å². The number of hydrogen-bond donors (Lipinski definition) is 3. The molecular weight excluding hydrogens is 368 g/mol. The standard InChI is InChI=1S/C24H36O5/c1-13(4-9-19(26)27)17-7-8-18-16-6-5-14-12-15(25)10-11-23(14,2)20(16)21(28)22(29)24(17,18)3/h13-18,25,28H,4-12H2,1-3H3,(H,26,27)/t13-,14-,15-,16+,17-,18+,23+,24-/m1/s1. The van der Waals surface area contributed by atoms with Crippen molar-refractivity contribution in [3.05, 3.63) is 11.3 Å².